The summed E-state index contributed by atoms with van der Waals surface area (Å²) in [6.45, 7) is 0. The Morgan fingerprint density at radius 3 is 2.69 bits per heavy atom. The zero-order valence-electron chi connectivity index (χ0n) is 6.53. The van der Waals surface area contributed by atoms with Crippen LogP contribution in [-0.4, -0.2) is 20.3 Å². The third kappa shape index (κ3) is 1.48. The Labute approximate surface area is 79.2 Å². The van der Waals surface area contributed by atoms with Gasteiger partial charge in [-0.05, 0) is 23.7 Å². The lowest BCUT2D eigenvalue weighted by molar-refractivity contribution is 0.477. The lowest BCUT2D eigenvalue weighted by Crippen LogP contribution is -1.80. The van der Waals surface area contributed by atoms with E-state index < -0.39 is 0 Å². The molecule has 0 saturated carbocycles. The Hall–Kier alpha value is -1.55. The number of H-pyrrole nitrogens is 1. The second kappa shape index (κ2) is 3.06. The fraction of sp³-hybridized carbons (Fsp3) is 0. The largest absolute Gasteiger partial charge is 0.507 e. The van der Waals surface area contributed by atoms with Crippen molar-refractivity contribution in [1.82, 2.24) is 15.2 Å². The molecule has 0 aliphatic rings. The molecular formula is C8H6ClN3O. The van der Waals surface area contributed by atoms with E-state index in [1.54, 1.807) is 24.3 Å². The van der Waals surface area contributed by atoms with Crippen molar-refractivity contribution in [2.24, 2.45) is 0 Å². The number of rotatable bonds is 1. The maximum Gasteiger partial charge on any atom is 0.218 e. The van der Waals surface area contributed by atoms with Crippen LogP contribution in [0.15, 0.2) is 24.3 Å². The molecule has 0 radical (unpaired) electrons. The summed E-state index contributed by atoms with van der Waals surface area (Å²) >= 11 is 5.55. The molecule has 1 heterocycles. The van der Waals surface area contributed by atoms with Gasteiger partial charge in [-0.15, -0.1) is 0 Å². The van der Waals surface area contributed by atoms with Gasteiger partial charge in [0.1, 0.15) is 5.75 Å². The van der Waals surface area contributed by atoms with Crippen molar-refractivity contribution in [1.29, 1.82) is 0 Å². The first-order valence-electron chi connectivity index (χ1n) is 3.63. The van der Waals surface area contributed by atoms with Gasteiger partial charge in [0.2, 0.25) is 5.28 Å². The normalized spacial score (nSPS) is 10.2. The van der Waals surface area contributed by atoms with Crippen LogP contribution in [0.25, 0.3) is 11.4 Å². The van der Waals surface area contributed by atoms with Gasteiger partial charge in [0, 0.05) is 0 Å². The highest BCUT2D eigenvalue weighted by molar-refractivity contribution is 6.28. The molecule has 1 aromatic carbocycles. The van der Waals surface area contributed by atoms with E-state index in [9.17, 15) is 5.11 Å². The van der Waals surface area contributed by atoms with Gasteiger partial charge in [0.05, 0.1) is 5.56 Å². The highest BCUT2D eigenvalue weighted by Gasteiger charge is 2.07. The number of phenolic OH excluding ortho intramolecular Hbond substituents is 1. The fourth-order valence-corrected chi connectivity index (χ4v) is 1.15. The number of halogens is 1. The van der Waals surface area contributed by atoms with Gasteiger partial charge < -0.3 is 5.11 Å². The van der Waals surface area contributed by atoms with E-state index >= 15 is 0 Å². The molecule has 4 nitrogen and oxygen atoms in total. The smallest absolute Gasteiger partial charge is 0.218 e. The Balaban J connectivity index is 2.52. The summed E-state index contributed by atoms with van der Waals surface area (Å²) in [4.78, 5) is 3.88. The molecule has 1 aromatic heterocycles. The van der Waals surface area contributed by atoms with Crippen molar-refractivity contribution >= 4 is 11.6 Å². The number of aromatic amines is 1. The first-order valence-corrected chi connectivity index (χ1v) is 4.01. The lowest BCUT2D eigenvalue weighted by Gasteiger charge is -1.96. The van der Waals surface area contributed by atoms with Crippen molar-refractivity contribution in [2.45, 2.75) is 0 Å². The van der Waals surface area contributed by atoms with Gasteiger partial charge in [-0.1, -0.05) is 12.1 Å². The lowest BCUT2D eigenvalue weighted by atomic mass is 10.2. The zero-order chi connectivity index (χ0) is 9.26. The van der Waals surface area contributed by atoms with Crippen molar-refractivity contribution in [2.75, 3.05) is 0 Å². The molecule has 0 atom stereocenters. The summed E-state index contributed by atoms with van der Waals surface area (Å²) in [6.07, 6.45) is 0. The van der Waals surface area contributed by atoms with E-state index in [1.807, 2.05) is 0 Å². The van der Waals surface area contributed by atoms with E-state index in [0.29, 0.717) is 11.4 Å². The molecule has 13 heavy (non-hydrogen) atoms. The Morgan fingerprint density at radius 2 is 2.08 bits per heavy atom. The van der Waals surface area contributed by atoms with E-state index in [4.69, 9.17) is 11.6 Å². The second-order valence-electron chi connectivity index (χ2n) is 2.47. The van der Waals surface area contributed by atoms with Crippen LogP contribution < -0.4 is 0 Å². The second-order valence-corrected chi connectivity index (χ2v) is 2.82. The minimum absolute atomic E-state index is 0.137. The van der Waals surface area contributed by atoms with Gasteiger partial charge in [-0.3, -0.25) is 0 Å². The number of nitrogens with one attached hydrogen (secondary N) is 1. The fourth-order valence-electron chi connectivity index (χ4n) is 1.03. The number of hydrogen-bond donors (Lipinski definition) is 2. The molecule has 0 saturated heterocycles. The number of benzene rings is 1. The number of para-hydroxylation sites is 1. The minimum atomic E-state index is 0.137. The van der Waals surface area contributed by atoms with Gasteiger partial charge in [0.15, 0.2) is 5.82 Å². The summed E-state index contributed by atoms with van der Waals surface area (Å²) in [6, 6.07) is 6.81. The van der Waals surface area contributed by atoms with Crippen molar-refractivity contribution in [3.63, 3.8) is 0 Å². The van der Waals surface area contributed by atoms with Gasteiger partial charge in [-0.2, -0.15) is 10.1 Å². The Kier molecular flexibility index (Phi) is 1.90. The number of nitrogens with zero attached hydrogens (tertiary/aromatic N) is 2. The van der Waals surface area contributed by atoms with Crippen LogP contribution in [0.1, 0.15) is 0 Å². The molecule has 0 unspecified atom stereocenters. The van der Waals surface area contributed by atoms with Crippen LogP contribution in [0.4, 0.5) is 0 Å². The third-order valence-corrected chi connectivity index (χ3v) is 1.77. The van der Waals surface area contributed by atoms with Crippen molar-refractivity contribution < 1.29 is 5.11 Å². The maximum atomic E-state index is 9.44. The van der Waals surface area contributed by atoms with Crippen LogP contribution in [0.2, 0.25) is 5.28 Å². The van der Waals surface area contributed by atoms with E-state index in [-0.39, 0.29) is 11.0 Å². The average molecular weight is 196 g/mol. The van der Waals surface area contributed by atoms with Crippen molar-refractivity contribution in [3.05, 3.63) is 29.5 Å². The van der Waals surface area contributed by atoms with Crippen LogP contribution in [0, 0.1) is 0 Å². The first kappa shape index (κ1) is 8.07. The third-order valence-electron chi connectivity index (χ3n) is 1.60. The van der Waals surface area contributed by atoms with Crippen molar-refractivity contribution in [3.8, 4) is 17.1 Å². The quantitative estimate of drug-likeness (QED) is 0.730. The average Bonchev–Trinajstić information content (AvgIpc) is 2.53. The molecule has 0 aliphatic heterocycles. The summed E-state index contributed by atoms with van der Waals surface area (Å²) in [5.74, 6) is 0.529. The molecule has 2 rings (SSSR count). The zero-order valence-corrected chi connectivity index (χ0v) is 7.28. The van der Waals surface area contributed by atoms with Crippen LogP contribution in [-0.2, 0) is 0 Å². The molecule has 5 heteroatoms. The molecule has 2 aromatic rings. The topological polar surface area (TPSA) is 61.8 Å². The molecule has 66 valence electrons. The maximum absolute atomic E-state index is 9.44. The molecule has 2 N–H and O–H groups in total. The predicted octanol–water partition coefficient (Wildman–Crippen LogP) is 1.83. The van der Waals surface area contributed by atoms with Gasteiger partial charge in [0.25, 0.3) is 0 Å². The van der Waals surface area contributed by atoms with Crippen LogP contribution in [0.3, 0.4) is 0 Å². The Bertz CT molecular complexity index is 427. The molecular weight excluding hydrogens is 190 g/mol. The predicted molar refractivity (Wildman–Crippen MR) is 48.5 cm³/mol. The molecule has 0 aliphatic carbocycles. The summed E-state index contributed by atoms with van der Waals surface area (Å²) < 4.78 is 0. The number of phenols is 1. The monoisotopic (exact) mass is 195 g/mol. The van der Waals surface area contributed by atoms with Gasteiger partial charge in [-0.25, -0.2) is 5.10 Å². The molecule has 0 spiro atoms. The van der Waals surface area contributed by atoms with E-state index in [0.717, 1.165) is 0 Å². The highest BCUT2D eigenvalue weighted by atomic mass is 35.5. The van der Waals surface area contributed by atoms with Crippen LogP contribution >= 0.6 is 11.6 Å². The van der Waals surface area contributed by atoms with Gasteiger partial charge >= 0.3 is 0 Å². The van der Waals surface area contributed by atoms with E-state index in [1.165, 1.54) is 0 Å². The minimum Gasteiger partial charge on any atom is -0.507 e. The first-order chi connectivity index (χ1) is 6.27. The SMILES string of the molecule is Oc1ccccc1-c1n[nH]c(Cl)n1. The van der Waals surface area contributed by atoms with Crippen LogP contribution in [0.5, 0.6) is 5.75 Å². The number of aromatic nitrogens is 3. The van der Waals surface area contributed by atoms with E-state index in [2.05, 4.69) is 15.2 Å². The molecule has 0 fully saturated rings. The summed E-state index contributed by atoms with van der Waals surface area (Å²) in [7, 11) is 0. The number of hydrogen-bond acceptors (Lipinski definition) is 3. The summed E-state index contributed by atoms with van der Waals surface area (Å²) in [5.41, 5.74) is 0.561. The summed E-state index contributed by atoms with van der Waals surface area (Å²) in [5, 5.41) is 15.9. The standard InChI is InChI=1S/C8H6ClN3O/c9-8-10-7(11-12-8)5-3-1-2-4-6(5)13/h1-4,13H,(H,10,11,12). The number of aromatic hydroxyl groups is 1. The Morgan fingerprint density at radius 1 is 1.31 bits per heavy atom. The highest BCUT2D eigenvalue weighted by Crippen LogP contribution is 2.25. The molecule has 0 bridgehead atoms. The molecule has 0 amide bonds.